The van der Waals surface area contributed by atoms with Crippen LogP contribution in [0.5, 0.6) is 0 Å². The van der Waals surface area contributed by atoms with Gasteiger partial charge in [0.1, 0.15) is 6.04 Å². The van der Waals surface area contributed by atoms with Crippen molar-refractivity contribution in [2.75, 3.05) is 0 Å². The number of unbranched alkanes of at least 4 members (excludes halogenated alkanes) is 1. The summed E-state index contributed by atoms with van der Waals surface area (Å²) < 4.78 is 37.7. The van der Waals surface area contributed by atoms with E-state index in [-0.39, 0.29) is 12.0 Å². The molecule has 0 aromatic heterocycles. The molecule has 0 saturated heterocycles. The van der Waals surface area contributed by atoms with Crippen LogP contribution in [0.1, 0.15) is 37.3 Å². The fourth-order valence-corrected chi connectivity index (χ4v) is 1.95. The number of carboxylic acids is 1. The number of halogens is 3. The Morgan fingerprint density at radius 1 is 1.32 bits per heavy atom. The highest BCUT2D eigenvalue weighted by Crippen LogP contribution is 2.29. The molecule has 1 amide bonds. The van der Waals surface area contributed by atoms with Crippen LogP contribution in [-0.4, -0.2) is 23.0 Å². The molecule has 0 aliphatic rings. The Bertz CT molecular complexity index is 529. The molecule has 7 heteroatoms. The smallest absolute Gasteiger partial charge is 0.416 e. The number of aliphatic carboxylic acids is 1. The first-order valence-electron chi connectivity index (χ1n) is 6.92. The van der Waals surface area contributed by atoms with E-state index in [4.69, 9.17) is 5.11 Å². The van der Waals surface area contributed by atoms with Gasteiger partial charge in [0, 0.05) is 0 Å². The summed E-state index contributed by atoms with van der Waals surface area (Å²) in [6.45, 7) is 1.89. The minimum absolute atomic E-state index is 0.187. The minimum Gasteiger partial charge on any atom is -0.480 e. The number of rotatable bonds is 7. The van der Waals surface area contributed by atoms with Crippen molar-refractivity contribution in [3.63, 3.8) is 0 Å². The maximum Gasteiger partial charge on any atom is 0.416 e. The number of carbonyl (C=O) groups is 2. The topological polar surface area (TPSA) is 66.4 Å². The number of hydrogen-bond acceptors (Lipinski definition) is 2. The van der Waals surface area contributed by atoms with Gasteiger partial charge in [0.2, 0.25) is 5.91 Å². The second-order valence-corrected chi connectivity index (χ2v) is 4.98. The molecule has 0 spiro atoms. The number of carboxylic acid groups (broad SMARTS) is 1. The summed E-state index contributed by atoms with van der Waals surface area (Å²) in [6, 6.07) is 3.41. The van der Waals surface area contributed by atoms with Gasteiger partial charge in [0.05, 0.1) is 12.0 Å². The van der Waals surface area contributed by atoms with E-state index >= 15 is 0 Å². The van der Waals surface area contributed by atoms with Crippen LogP contribution in [0.2, 0.25) is 0 Å². The van der Waals surface area contributed by atoms with E-state index in [2.05, 4.69) is 5.32 Å². The largest absolute Gasteiger partial charge is 0.480 e. The number of carbonyl (C=O) groups excluding carboxylic acids is 1. The average Bonchev–Trinajstić information content (AvgIpc) is 2.42. The van der Waals surface area contributed by atoms with Gasteiger partial charge < -0.3 is 10.4 Å². The summed E-state index contributed by atoms with van der Waals surface area (Å²) in [5, 5.41) is 11.3. The number of hydrogen-bond donors (Lipinski definition) is 2. The van der Waals surface area contributed by atoms with Gasteiger partial charge in [-0.2, -0.15) is 13.2 Å². The summed E-state index contributed by atoms with van der Waals surface area (Å²) >= 11 is 0. The van der Waals surface area contributed by atoms with E-state index in [9.17, 15) is 22.8 Å². The lowest BCUT2D eigenvalue weighted by Gasteiger charge is -2.14. The van der Waals surface area contributed by atoms with Gasteiger partial charge in [-0.1, -0.05) is 38.0 Å². The molecule has 0 bridgehead atoms. The van der Waals surface area contributed by atoms with E-state index in [0.29, 0.717) is 12.8 Å². The normalized spacial score (nSPS) is 12.7. The van der Waals surface area contributed by atoms with Gasteiger partial charge >= 0.3 is 12.1 Å². The molecular weight excluding hydrogens is 299 g/mol. The summed E-state index contributed by atoms with van der Waals surface area (Å²) in [5.74, 6) is -1.76. The lowest BCUT2D eigenvalue weighted by atomic mass is 10.1. The summed E-state index contributed by atoms with van der Waals surface area (Å²) in [5.41, 5.74) is -0.648. The molecule has 1 atom stereocenters. The molecule has 4 nitrogen and oxygen atoms in total. The highest BCUT2D eigenvalue weighted by Gasteiger charge is 2.30. The van der Waals surface area contributed by atoms with Crippen molar-refractivity contribution in [2.24, 2.45) is 0 Å². The lowest BCUT2D eigenvalue weighted by Crippen LogP contribution is -2.41. The van der Waals surface area contributed by atoms with E-state index in [1.807, 2.05) is 6.92 Å². The molecule has 2 N–H and O–H groups in total. The van der Waals surface area contributed by atoms with Crippen molar-refractivity contribution in [2.45, 2.75) is 44.8 Å². The molecule has 1 rings (SSSR count). The van der Waals surface area contributed by atoms with Gasteiger partial charge in [-0.3, -0.25) is 4.79 Å². The standard InChI is InChI=1S/C15H18F3NO3/c1-2-3-7-12(14(21)22)19-13(20)9-10-5-4-6-11(8-10)15(16,17)18/h4-6,8,12H,2-3,7,9H2,1H3,(H,19,20)(H,21,22)/t12-/m0/s1. The molecular formula is C15H18F3NO3. The zero-order chi connectivity index (χ0) is 16.8. The SMILES string of the molecule is CCCC[C@H](NC(=O)Cc1cccc(C(F)(F)F)c1)C(=O)O. The first-order chi connectivity index (χ1) is 10.2. The van der Waals surface area contributed by atoms with Crippen molar-refractivity contribution >= 4 is 11.9 Å². The average molecular weight is 317 g/mol. The van der Waals surface area contributed by atoms with E-state index in [0.717, 1.165) is 18.6 Å². The van der Waals surface area contributed by atoms with Crippen LogP contribution < -0.4 is 5.32 Å². The molecule has 0 radical (unpaired) electrons. The first kappa shape index (κ1) is 18.0. The van der Waals surface area contributed by atoms with E-state index in [1.54, 1.807) is 0 Å². The third-order valence-corrected chi connectivity index (χ3v) is 3.10. The number of alkyl halides is 3. The Kier molecular flexibility index (Phi) is 6.39. The van der Waals surface area contributed by atoms with Crippen LogP contribution >= 0.6 is 0 Å². The Morgan fingerprint density at radius 2 is 2.00 bits per heavy atom. The third-order valence-electron chi connectivity index (χ3n) is 3.10. The van der Waals surface area contributed by atoms with Crippen LogP contribution in [0.3, 0.4) is 0 Å². The van der Waals surface area contributed by atoms with Crippen molar-refractivity contribution < 1.29 is 27.9 Å². The molecule has 0 saturated carbocycles. The maximum atomic E-state index is 12.6. The fraction of sp³-hybridized carbons (Fsp3) is 0.467. The van der Waals surface area contributed by atoms with Crippen molar-refractivity contribution in [3.8, 4) is 0 Å². The van der Waals surface area contributed by atoms with Crippen LogP contribution in [0.25, 0.3) is 0 Å². The van der Waals surface area contributed by atoms with Crippen LogP contribution in [0, 0.1) is 0 Å². The summed E-state index contributed by atoms with van der Waals surface area (Å²) in [4.78, 5) is 22.8. The highest BCUT2D eigenvalue weighted by molar-refractivity contribution is 5.84. The predicted molar refractivity (Wildman–Crippen MR) is 74.2 cm³/mol. The van der Waals surface area contributed by atoms with Crippen molar-refractivity contribution in [3.05, 3.63) is 35.4 Å². The van der Waals surface area contributed by atoms with Gasteiger partial charge in [-0.05, 0) is 18.1 Å². The quantitative estimate of drug-likeness (QED) is 0.812. The zero-order valence-corrected chi connectivity index (χ0v) is 12.1. The van der Waals surface area contributed by atoms with Gasteiger partial charge in [0.15, 0.2) is 0 Å². The molecule has 122 valence electrons. The van der Waals surface area contributed by atoms with Crippen LogP contribution in [0.15, 0.2) is 24.3 Å². The Balaban J connectivity index is 2.70. The zero-order valence-electron chi connectivity index (χ0n) is 12.1. The highest BCUT2D eigenvalue weighted by atomic mass is 19.4. The van der Waals surface area contributed by atoms with E-state index < -0.39 is 29.7 Å². The van der Waals surface area contributed by atoms with Gasteiger partial charge in [-0.25, -0.2) is 4.79 Å². The maximum absolute atomic E-state index is 12.6. The third kappa shape index (κ3) is 5.75. The second kappa shape index (κ2) is 7.82. The molecule has 0 aliphatic heterocycles. The molecule has 0 fully saturated rings. The van der Waals surface area contributed by atoms with E-state index in [1.165, 1.54) is 12.1 Å². The van der Waals surface area contributed by atoms with Gasteiger partial charge in [0.25, 0.3) is 0 Å². The molecule has 1 aromatic carbocycles. The molecule has 0 heterocycles. The lowest BCUT2D eigenvalue weighted by molar-refractivity contribution is -0.142. The predicted octanol–water partition coefficient (Wildman–Crippen LogP) is 3.01. The minimum atomic E-state index is -4.47. The molecule has 0 aliphatic carbocycles. The fourth-order valence-electron chi connectivity index (χ4n) is 1.95. The van der Waals surface area contributed by atoms with Gasteiger partial charge in [-0.15, -0.1) is 0 Å². The molecule has 22 heavy (non-hydrogen) atoms. The number of amides is 1. The number of benzene rings is 1. The van der Waals surface area contributed by atoms with Crippen LogP contribution in [-0.2, 0) is 22.2 Å². The number of nitrogens with one attached hydrogen (secondary N) is 1. The van der Waals surface area contributed by atoms with Crippen molar-refractivity contribution in [1.29, 1.82) is 0 Å². The summed E-state index contributed by atoms with van der Waals surface area (Å²) in [7, 11) is 0. The Hall–Kier alpha value is -2.05. The second-order valence-electron chi connectivity index (χ2n) is 4.98. The monoisotopic (exact) mass is 317 g/mol. The first-order valence-corrected chi connectivity index (χ1v) is 6.92. The van der Waals surface area contributed by atoms with Crippen LogP contribution in [0.4, 0.5) is 13.2 Å². The Labute approximate surface area is 126 Å². The summed E-state index contributed by atoms with van der Waals surface area (Å²) in [6.07, 6.45) is -3.05. The molecule has 0 unspecified atom stereocenters. The molecule has 1 aromatic rings. The Morgan fingerprint density at radius 3 is 2.55 bits per heavy atom. The van der Waals surface area contributed by atoms with Crippen molar-refractivity contribution in [1.82, 2.24) is 5.32 Å².